The topological polar surface area (TPSA) is 66.4 Å². The quantitative estimate of drug-likeness (QED) is 0.895. The van der Waals surface area contributed by atoms with Crippen LogP contribution in [0.25, 0.3) is 0 Å². The predicted octanol–water partition coefficient (Wildman–Crippen LogP) is 2.71. The molecule has 1 aromatic rings. The standard InChI is InChI=1S/C14H16ClNO3/c15-12-4-2-1-3-11(12)13(17)16-10-7-5-9(6-8-10)14(18)19/h1-4,9-10H,5-8H2,(H,16,17)(H,18,19). The van der Waals surface area contributed by atoms with E-state index in [1.165, 1.54) is 0 Å². The lowest BCUT2D eigenvalue weighted by Gasteiger charge is -2.26. The van der Waals surface area contributed by atoms with Crippen molar-refractivity contribution in [1.82, 2.24) is 5.32 Å². The molecule has 1 aliphatic rings. The molecule has 4 nitrogen and oxygen atoms in total. The van der Waals surface area contributed by atoms with Crippen LogP contribution in [-0.4, -0.2) is 23.0 Å². The summed E-state index contributed by atoms with van der Waals surface area (Å²) in [7, 11) is 0. The first-order chi connectivity index (χ1) is 9.08. The van der Waals surface area contributed by atoms with Gasteiger partial charge in [-0.2, -0.15) is 0 Å². The number of carbonyl (C=O) groups excluding carboxylic acids is 1. The summed E-state index contributed by atoms with van der Waals surface area (Å²) >= 11 is 5.96. The van der Waals surface area contributed by atoms with Gasteiger partial charge in [-0.3, -0.25) is 9.59 Å². The lowest BCUT2D eigenvalue weighted by atomic mass is 9.86. The number of hydrogen-bond donors (Lipinski definition) is 2. The Morgan fingerprint density at radius 1 is 1.16 bits per heavy atom. The van der Waals surface area contributed by atoms with Crippen LogP contribution in [0.2, 0.25) is 5.02 Å². The summed E-state index contributed by atoms with van der Waals surface area (Å²) in [6.07, 6.45) is 2.63. The minimum absolute atomic E-state index is 0.0411. The van der Waals surface area contributed by atoms with E-state index in [4.69, 9.17) is 16.7 Å². The van der Waals surface area contributed by atoms with Gasteiger partial charge in [0.2, 0.25) is 0 Å². The van der Waals surface area contributed by atoms with Crippen molar-refractivity contribution < 1.29 is 14.7 Å². The second kappa shape index (κ2) is 6.06. The molecule has 102 valence electrons. The van der Waals surface area contributed by atoms with Gasteiger partial charge >= 0.3 is 5.97 Å². The molecule has 0 unspecified atom stereocenters. The third-order valence-corrected chi connectivity index (χ3v) is 3.86. The maximum absolute atomic E-state index is 12.0. The number of halogens is 1. The van der Waals surface area contributed by atoms with Crippen LogP contribution < -0.4 is 5.32 Å². The Morgan fingerprint density at radius 3 is 2.37 bits per heavy atom. The molecule has 0 heterocycles. The smallest absolute Gasteiger partial charge is 0.306 e. The Hall–Kier alpha value is -1.55. The maximum atomic E-state index is 12.0. The maximum Gasteiger partial charge on any atom is 0.306 e. The minimum Gasteiger partial charge on any atom is -0.481 e. The summed E-state index contributed by atoms with van der Waals surface area (Å²) in [6, 6.07) is 6.94. The molecule has 0 aliphatic heterocycles. The zero-order valence-corrected chi connectivity index (χ0v) is 11.2. The van der Waals surface area contributed by atoms with E-state index < -0.39 is 5.97 Å². The fourth-order valence-electron chi connectivity index (χ4n) is 2.39. The molecular weight excluding hydrogens is 266 g/mol. The van der Waals surface area contributed by atoms with Crippen LogP contribution in [0, 0.1) is 5.92 Å². The molecule has 1 fully saturated rings. The van der Waals surface area contributed by atoms with Crippen molar-refractivity contribution in [1.29, 1.82) is 0 Å². The van der Waals surface area contributed by atoms with Gasteiger partial charge < -0.3 is 10.4 Å². The SMILES string of the molecule is O=C(NC1CCC(C(=O)O)CC1)c1ccccc1Cl. The molecule has 1 saturated carbocycles. The van der Waals surface area contributed by atoms with Crippen LogP contribution in [0.4, 0.5) is 0 Å². The lowest BCUT2D eigenvalue weighted by Crippen LogP contribution is -2.38. The van der Waals surface area contributed by atoms with E-state index in [1.807, 2.05) is 0 Å². The molecule has 0 bridgehead atoms. The summed E-state index contributed by atoms with van der Waals surface area (Å²) in [5, 5.41) is 12.3. The third-order valence-electron chi connectivity index (χ3n) is 3.53. The summed E-state index contributed by atoms with van der Waals surface area (Å²) in [6.45, 7) is 0. The highest BCUT2D eigenvalue weighted by molar-refractivity contribution is 6.33. The molecule has 0 saturated heterocycles. The van der Waals surface area contributed by atoms with E-state index in [0.29, 0.717) is 36.3 Å². The van der Waals surface area contributed by atoms with Crippen molar-refractivity contribution in [2.75, 3.05) is 0 Å². The van der Waals surface area contributed by atoms with Crippen molar-refractivity contribution in [3.63, 3.8) is 0 Å². The van der Waals surface area contributed by atoms with Crippen LogP contribution in [0.15, 0.2) is 24.3 Å². The van der Waals surface area contributed by atoms with E-state index in [2.05, 4.69) is 5.32 Å². The molecular formula is C14H16ClNO3. The van der Waals surface area contributed by atoms with Gasteiger partial charge in [0.05, 0.1) is 16.5 Å². The average Bonchev–Trinajstić information content (AvgIpc) is 2.39. The first kappa shape index (κ1) is 13.9. The van der Waals surface area contributed by atoms with E-state index in [0.717, 1.165) is 0 Å². The highest BCUT2D eigenvalue weighted by atomic mass is 35.5. The van der Waals surface area contributed by atoms with Gasteiger partial charge in [-0.15, -0.1) is 0 Å². The first-order valence-corrected chi connectivity index (χ1v) is 6.74. The summed E-state index contributed by atoms with van der Waals surface area (Å²) in [5.41, 5.74) is 0.463. The van der Waals surface area contributed by atoms with Gasteiger partial charge in [0.15, 0.2) is 0 Å². The molecule has 1 amide bonds. The Balaban J connectivity index is 1.91. The normalized spacial score (nSPS) is 22.8. The Bertz CT molecular complexity index is 481. The molecule has 0 atom stereocenters. The summed E-state index contributed by atoms with van der Waals surface area (Å²) in [5.74, 6) is -1.20. The molecule has 5 heteroatoms. The fourth-order valence-corrected chi connectivity index (χ4v) is 2.61. The minimum atomic E-state index is -0.740. The van der Waals surface area contributed by atoms with Crippen molar-refractivity contribution >= 4 is 23.5 Å². The van der Waals surface area contributed by atoms with Gasteiger partial charge in [0.25, 0.3) is 5.91 Å². The Morgan fingerprint density at radius 2 is 1.79 bits per heavy atom. The Kier molecular flexibility index (Phi) is 4.43. The number of carbonyl (C=O) groups is 2. The van der Waals surface area contributed by atoms with Crippen LogP contribution in [0.5, 0.6) is 0 Å². The van der Waals surface area contributed by atoms with Gasteiger partial charge in [0, 0.05) is 6.04 Å². The van der Waals surface area contributed by atoms with Crippen LogP contribution in [0.1, 0.15) is 36.0 Å². The van der Waals surface area contributed by atoms with Crippen molar-refractivity contribution in [2.24, 2.45) is 5.92 Å². The van der Waals surface area contributed by atoms with E-state index >= 15 is 0 Å². The lowest BCUT2D eigenvalue weighted by molar-refractivity contribution is -0.142. The highest BCUT2D eigenvalue weighted by Gasteiger charge is 2.27. The Labute approximate surface area is 116 Å². The first-order valence-electron chi connectivity index (χ1n) is 6.36. The monoisotopic (exact) mass is 281 g/mol. The van der Waals surface area contributed by atoms with Gasteiger partial charge in [0.1, 0.15) is 0 Å². The van der Waals surface area contributed by atoms with E-state index in [-0.39, 0.29) is 17.9 Å². The number of carboxylic acid groups (broad SMARTS) is 1. The molecule has 1 aliphatic carbocycles. The highest BCUT2D eigenvalue weighted by Crippen LogP contribution is 2.25. The molecule has 1 aromatic carbocycles. The number of hydrogen-bond acceptors (Lipinski definition) is 2. The van der Waals surface area contributed by atoms with Crippen LogP contribution in [-0.2, 0) is 4.79 Å². The zero-order valence-electron chi connectivity index (χ0n) is 10.4. The van der Waals surface area contributed by atoms with Crippen molar-refractivity contribution in [2.45, 2.75) is 31.7 Å². The number of rotatable bonds is 3. The molecule has 2 N–H and O–H groups in total. The number of carboxylic acids is 1. The average molecular weight is 282 g/mol. The van der Waals surface area contributed by atoms with Crippen LogP contribution in [0.3, 0.4) is 0 Å². The van der Waals surface area contributed by atoms with E-state index in [1.54, 1.807) is 24.3 Å². The molecule has 0 radical (unpaired) electrons. The number of nitrogens with one attached hydrogen (secondary N) is 1. The second-order valence-electron chi connectivity index (χ2n) is 4.84. The number of amides is 1. The summed E-state index contributed by atoms with van der Waals surface area (Å²) in [4.78, 5) is 22.9. The van der Waals surface area contributed by atoms with Gasteiger partial charge in [-0.05, 0) is 37.8 Å². The number of aliphatic carboxylic acids is 1. The van der Waals surface area contributed by atoms with Crippen molar-refractivity contribution in [3.05, 3.63) is 34.9 Å². The molecule has 19 heavy (non-hydrogen) atoms. The van der Waals surface area contributed by atoms with E-state index in [9.17, 15) is 9.59 Å². The van der Waals surface area contributed by atoms with Crippen molar-refractivity contribution in [3.8, 4) is 0 Å². The molecule has 0 aromatic heterocycles. The molecule has 2 rings (SSSR count). The summed E-state index contributed by atoms with van der Waals surface area (Å²) < 4.78 is 0. The third kappa shape index (κ3) is 3.47. The largest absolute Gasteiger partial charge is 0.481 e. The zero-order chi connectivity index (χ0) is 13.8. The van der Waals surface area contributed by atoms with Gasteiger partial charge in [-0.1, -0.05) is 23.7 Å². The molecule has 0 spiro atoms. The fraction of sp³-hybridized carbons (Fsp3) is 0.429. The number of benzene rings is 1. The van der Waals surface area contributed by atoms with Crippen LogP contribution >= 0.6 is 11.6 Å². The van der Waals surface area contributed by atoms with Gasteiger partial charge in [-0.25, -0.2) is 0 Å². The predicted molar refractivity (Wildman–Crippen MR) is 72.3 cm³/mol. The second-order valence-corrected chi connectivity index (χ2v) is 5.25.